The molecule has 1 fully saturated rings. The van der Waals surface area contributed by atoms with E-state index in [1.54, 1.807) is 74.6 Å². The number of hydroxylamine groups is 2. The van der Waals surface area contributed by atoms with Crippen LogP contribution in [0, 0.1) is 17.8 Å². The molecule has 1 aromatic carbocycles. The summed E-state index contributed by atoms with van der Waals surface area (Å²) >= 11 is 0. The second-order valence-electron chi connectivity index (χ2n) is 15.1. The Balaban J connectivity index is 2.02. The third-order valence-electron chi connectivity index (χ3n) is 10.3. The highest BCUT2D eigenvalue weighted by Crippen LogP contribution is 2.23. The number of esters is 1. The predicted molar refractivity (Wildman–Crippen MR) is 218 cm³/mol. The molecule has 2 aliphatic rings. The summed E-state index contributed by atoms with van der Waals surface area (Å²) in [4.78, 5) is 58.8. The minimum atomic E-state index is -1.25. The third-order valence-corrected chi connectivity index (χ3v) is 10.3. The lowest BCUT2D eigenvalue weighted by molar-refractivity contribution is -0.162. The number of benzene rings is 1. The molecule has 2 heterocycles. The van der Waals surface area contributed by atoms with Crippen molar-refractivity contribution < 1.29 is 44.1 Å². The number of aliphatic hydroxyl groups excluding tert-OH is 2. The number of hydrogen-bond acceptors (Lipinski definition) is 11. The first kappa shape index (κ1) is 46.8. The van der Waals surface area contributed by atoms with Crippen LogP contribution in [0.4, 0.5) is 0 Å². The van der Waals surface area contributed by atoms with Crippen molar-refractivity contribution in [1.29, 1.82) is 0 Å². The zero-order valence-corrected chi connectivity index (χ0v) is 34.3. The quantitative estimate of drug-likeness (QED) is 0.0707. The number of phenolic OH excluding ortho intramolecular Hbond substituents is 1. The van der Waals surface area contributed by atoms with E-state index in [1.807, 2.05) is 31.8 Å². The van der Waals surface area contributed by atoms with Gasteiger partial charge in [0.15, 0.2) is 0 Å². The van der Waals surface area contributed by atoms with E-state index in [0.717, 1.165) is 10.6 Å². The van der Waals surface area contributed by atoms with Gasteiger partial charge in [-0.2, -0.15) is 0 Å². The number of fused-ring (bicyclic) bond motifs is 2. The standard InChI is InChI=1S/C43H63N5O9/c1-8-9-19-34-40(52)30(5)36(50)21-11-10-12-22-37(29(4)16-13-23-38(51)47(6)56-7)57-43(55)35-20-15-24-48(46-35)27-32(25-31-17-14-18-33(49)26-31)44-42(54)39(28(2)3)45-41(34)53/h8-14,16-18,21,23,26,28,30,32,34-37,39-40,46,49-50,52H,15,19-20,22,24-25,27H2,1-7H3,(H,44,54)(H,45,53). The molecule has 9 atom stereocenters. The summed E-state index contributed by atoms with van der Waals surface area (Å²) in [5.41, 5.74) is 4.76. The number of hydrazine groups is 1. The topological polar surface area (TPSA) is 190 Å². The van der Waals surface area contributed by atoms with E-state index in [1.165, 1.54) is 26.3 Å². The average Bonchev–Trinajstić information content (AvgIpc) is 3.17. The molecule has 1 aromatic rings. The summed E-state index contributed by atoms with van der Waals surface area (Å²) < 4.78 is 6.08. The zero-order valence-electron chi connectivity index (χ0n) is 34.3. The van der Waals surface area contributed by atoms with Crippen molar-refractivity contribution in [2.75, 3.05) is 27.2 Å². The lowest BCUT2D eigenvalue weighted by atomic mass is 9.85. The number of carbonyl (C=O) groups excluding carboxylic acids is 4. The fourth-order valence-corrected chi connectivity index (χ4v) is 6.65. The van der Waals surface area contributed by atoms with Gasteiger partial charge in [-0.05, 0) is 68.7 Å². The van der Waals surface area contributed by atoms with Crippen LogP contribution in [0.5, 0.6) is 5.75 Å². The van der Waals surface area contributed by atoms with Gasteiger partial charge in [-0.3, -0.25) is 24.0 Å². The number of ether oxygens (including phenoxy) is 1. The molecule has 1 saturated heterocycles. The number of aliphatic hydroxyl groups is 2. The minimum Gasteiger partial charge on any atom is -0.508 e. The number of carbonyl (C=O) groups is 4. The molecule has 314 valence electrons. The van der Waals surface area contributed by atoms with Gasteiger partial charge in [0.05, 0.1) is 25.2 Å². The van der Waals surface area contributed by atoms with Crippen LogP contribution in [0.15, 0.2) is 84.5 Å². The summed E-state index contributed by atoms with van der Waals surface area (Å²) in [5.74, 6) is -3.72. The maximum atomic E-state index is 14.1. The fraction of sp³-hybridized carbons (Fsp3) is 0.535. The van der Waals surface area contributed by atoms with E-state index < -0.39 is 66.1 Å². The molecule has 3 rings (SSSR count). The molecule has 57 heavy (non-hydrogen) atoms. The summed E-state index contributed by atoms with van der Waals surface area (Å²) in [6.07, 6.45) is 13.7. The summed E-state index contributed by atoms with van der Waals surface area (Å²) in [6, 6.07) is 4.62. The Morgan fingerprint density at radius 2 is 1.89 bits per heavy atom. The first-order valence-electron chi connectivity index (χ1n) is 19.7. The summed E-state index contributed by atoms with van der Waals surface area (Å²) in [5, 5.41) is 41.7. The van der Waals surface area contributed by atoms with Crippen LogP contribution in [0.3, 0.4) is 0 Å². The molecule has 0 saturated carbocycles. The number of cyclic esters (lactones) is 1. The Bertz CT molecular complexity index is 1640. The highest BCUT2D eigenvalue weighted by atomic mass is 16.7. The maximum Gasteiger partial charge on any atom is 0.325 e. The van der Waals surface area contributed by atoms with E-state index in [-0.39, 0.29) is 37.0 Å². The van der Waals surface area contributed by atoms with Crippen molar-refractivity contribution in [3.05, 3.63) is 90.1 Å². The molecule has 0 aromatic heterocycles. The third kappa shape index (κ3) is 15.0. The SMILES string of the molecule is CC=CCC1C(=O)NC(C(C)C)C(=O)NC(Cc2cccc(O)c2)CN2CCCC(N2)C(=O)OC(C(C)=CC=CC(=O)N(C)OC)CC=CC=CC(O)C(C)C1O. The molecule has 2 bridgehead atoms. The van der Waals surface area contributed by atoms with Crippen LogP contribution in [0.1, 0.15) is 65.9 Å². The van der Waals surface area contributed by atoms with Crippen LogP contribution in [-0.2, 0) is 35.2 Å². The van der Waals surface area contributed by atoms with E-state index in [2.05, 4.69) is 16.1 Å². The fourth-order valence-electron chi connectivity index (χ4n) is 6.65. The number of allylic oxidation sites excluding steroid dienone is 6. The number of nitrogens with zero attached hydrogens (tertiary/aromatic N) is 2. The van der Waals surface area contributed by atoms with Gasteiger partial charge in [0.1, 0.15) is 23.9 Å². The van der Waals surface area contributed by atoms with Crippen molar-refractivity contribution in [2.45, 2.75) is 103 Å². The number of phenols is 1. The monoisotopic (exact) mass is 793 g/mol. The van der Waals surface area contributed by atoms with Gasteiger partial charge in [0.25, 0.3) is 5.91 Å². The predicted octanol–water partition coefficient (Wildman–Crippen LogP) is 3.42. The van der Waals surface area contributed by atoms with Crippen molar-refractivity contribution >= 4 is 23.7 Å². The van der Waals surface area contributed by atoms with Crippen LogP contribution in [-0.4, -0.2) is 113 Å². The first-order valence-corrected chi connectivity index (χ1v) is 19.7. The molecular weight excluding hydrogens is 730 g/mol. The lowest BCUT2D eigenvalue weighted by Gasteiger charge is -2.36. The molecular formula is C43H63N5O9. The van der Waals surface area contributed by atoms with Crippen LogP contribution >= 0.6 is 0 Å². The van der Waals surface area contributed by atoms with Crippen molar-refractivity contribution in [3.8, 4) is 5.75 Å². The Kier molecular flexibility index (Phi) is 19.4. The average molecular weight is 794 g/mol. The van der Waals surface area contributed by atoms with E-state index in [9.17, 15) is 34.5 Å². The van der Waals surface area contributed by atoms with Crippen molar-refractivity contribution in [1.82, 2.24) is 26.1 Å². The highest BCUT2D eigenvalue weighted by Gasteiger charge is 2.36. The Morgan fingerprint density at radius 3 is 2.58 bits per heavy atom. The van der Waals surface area contributed by atoms with Gasteiger partial charge in [0.2, 0.25) is 11.8 Å². The first-order chi connectivity index (χ1) is 27.1. The molecule has 6 N–H and O–H groups in total. The van der Waals surface area contributed by atoms with Gasteiger partial charge >= 0.3 is 5.97 Å². The molecule has 0 aliphatic carbocycles. The van der Waals surface area contributed by atoms with Crippen LogP contribution in [0.2, 0.25) is 0 Å². The Hall–Kier alpha value is -4.60. The lowest BCUT2D eigenvalue weighted by Crippen LogP contribution is -2.60. The van der Waals surface area contributed by atoms with Crippen molar-refractivity contribution in [3.63, 3.8) is 0 Å². The normalized spacial score (nSPS) is 29.1. The van der Waals surface area contributed by atoms with Gasteiger partial charge in [-0.1, -0.05) is 81.5 Å². The number of rotatable bonds is 9. The molecule has 2 aliphatic heterocycles. The summed E-state index contributed by atoms with van der Waals surface area (Å²) in [6.45, 7) is 9.78. The maximum absolute atomic E-state index is 14.1. The van der Waals surface area contributed by atoms with Gasteiger partial charge in [-0.15, -0.1) is 0 Å². The second kappa shape index (κ2) is 23.6. The van der Waals surface area contributed by atoms with Crippen LogP contribution in [0.25, 0.3) is 0 Å². The van der Waals surface area contributed by atoms with Gasteiger partial charge < -0.3 is 30.7 Å². The number of aromatic hydroxyl groups is 1. The number of amides is 3. The summed E-state index contributed by atoms with van der Waals surface area (Å²) in [7, 11) is 2.88. The molecule has 0 radical (unpaired) electrons. The van der Waals surface area contributed by atoms with Crippen molar-refractivity contribution in [2.24, 2.45) is 17.8 Å². The van der Waals surface area contributed by atoms with E-state index >= 15 is 0 Å². The molecule has 3 amide bonds. The number of nitrogens with one attached hydrogen (secondary N) is 3. The molecule has 0 spiro atoms. The largest absolute Gasteiger partial charge is 0.508 e. The van der Waals surface area contributed by atoms with E-state index in [4.69, 9.17) is 9.57 Å². The van der Waals surface area contributed by atoms with Gasteiger partial charge in [0, 0.05) is 44.6 Å². The van der Waals surface area contributed by atoms with Gasteiger partial charge in [-0.25, -0.2) is 15.5 Å². The number of hydrogen-bond donors (Lipinski definition) is 6. The van der Waals surface area contributed by atoms with Crippen LogP contribution < -0.4 is 16.1 Å². The molecule has 14 nitrogen and oxygen atoms in total. The molecule has 9 unspecified atom stereocenters. The zero-order chi connectivity index (χ0) is 42.1. The smallest absolute Gasteiger partial charge is 0.325 e. The highest BCUT2D eigenvalue weighted by molar-refractivity contribution is 5.89. The number of likely N-dealkylation sites (N-methyl/N-ethyl adjacent to an activating group) is 1. The minimum absolute atomic E-state index is 0.0853. The Morgan fingerprint density at radius 1 is 1.14 bits per heavy atom. The Labute approximate surface area is 337 Å². The molecule has 14 heteroatoms. The van der Waals surface area contributed by atoms with E-state index in [0.29, 0.717) is 31.4 Å². The second-order valence-corrected chi connectivity index (χ2v) is 15.1.